The van der Waals surface area contributed by atoms with Crippen LogP contribution in [-0.2, 0) is 6.42 Å². The van der Waals surface area contributed by atoms with Crippen LogP contribution in [0.25, 0.3) is 21.5 Å². The largest absolute Gasteiger partial charge is 0.504 e. The fourth-order valence-electron chi connectivity index (χ4n) is 4.20. The van der Waals surface area contributed by atoms with Crippen molar-refractivity contribution in [3.8, 4) is 11.5 Å². The molecule has 4 aromatic carbocycles. The van der Waals surface area contributed by atoms with Gasteiger partial charge in [0, 0.05) is 6.54 Å². The van der Waals surface area contributed by atoms with Crippen LogP contribution < -0.4 is 5.32 Å². The highest BCUT2D eigenvalue weighted by atomic mass is 16.3. The summed E-state index contributed by atoms with van der Waals surface area (Å²) in [5, 5.41) is 28.5. The molecule has 1 aliphatic rings. The second kappa shape index (κ2) is 5.75. The van der Waals surface area contributed by atoms with Gasteiger partial charge in [0.15, 0.2) is 11.5 Å². The molecule has 1 heterocycles. The fourth-order valence-corrected chi connectivity index (χ4v) is 4.20. The Labute approximate surface area is 151 Å². The predicted molar refractivity (Wildman–Crippen MR) is 105 cm³/mol. The third-order valence-corrected chi connectivity index (χ3v) is 5.39. The zero-order valence-corrected chi connectivity index (χ0v) is 14.2. The van der Waals surface area contributed by atoms with Crippen LogP contribution >= 0.6 is 0 Å². The Kier molecular flexibility index (Phi) is 3.37. The quantitative estimate of drug-likeness (QED) is 0.349. The zero-order valence-electron chi connectivity index (χ0n) is 14.2. The SMILES string of the molecule is Oc1cc2c(cc1O)[C@H](c1c3ccccc3cc3ccccc13)NCC2. The molecule has 4 aromatic rings. The minimum absolute atomic E-state index is 0.0266. The summed E-state index contributed by atoms with van der Waals surface area (Å²) < 4.78 is 0. The molecule has 0 bridgehead atoms. The van der Waals surface area contributed by atoms with E-state index in [9.17, 15) is 10.2 Å². The zero-order chi connectivity index (χ0) is 17.7. The van der Waals surface area contributed by atoms with Gasteiger partial charge in [0.05, 0.1) is 6.04 Å². The first kappa shape index (κ1) is 15.2. The molecule has 0 saturated carbocycles. The summed E-state index contributed by atoms with van der Waals surface area (Å²) in [5.74, 6) is -0.117. The van der Waals surface area contributed by atoms with Crippen molar-refractivity contribution in [2.24, 2.45) is 0 Å². The molecule has 0 saturated heterocycles. The van der Waals surface area contributed by atoms with Gasteiger partial charge in [0.1, 0.15) is 0 Å². The van der Waals surface area contributed by atoms with Gasteiger partial charge >= 0.3 is 0 Å². The van der Waals surface area contributed by atoms with Gasteiger partial charge in [0.2, 0.25) is 0 Å². The van der Waals surface area contributed by atoms with Crippen molar-refractivity contribution in [2.75, 3.05) is 6.54 Å². The van der Waals surface area contributed by atoms with Gasteiger partial charge < -0.3 is 15.5 Å². The van der Waals surface area contributed by atoms with Crippen LogP contribution in [0.5, 0.6) is 11.5 Å². The van der Waals surface area contributed by atoms with E-state index in [1.807, 2.05) is 0 Å². The highest BCUT2D eigenvalue weighted by molar-refractivity contribution is 6.03. The third-order valence-electron chi connectivity index (χ3n) is 5.39. The average molecular weight is 341 g/mol. The van der Waals surface area contributed by atoms with Crippen LogP contribution in [0.1, 0.15) is 22.7 Å². The number of nitrogens with one attached hydrogen (secondary N) is 1. The summed E-state index contributed by atoms with van der Waals surface area (Å²) in [4.78, 5) is 0. The number of phenols is 2. The standard InChI is InChI=1S/C23H19NO2/c25-20-12-16-9-10-24-23(19(16)13-21(20)26)22-17-7-3-1-5-14(17)11-15-6-2-4-8-18(15)22/h1-8,11-13,23-26H,9-10H2/t23-/m1/s1. The summed E-state index contributed by atoms with van der Waals surface area (Å²) >= 11 is 0. The number of benzene rings is 4. The van der Waals surface area contributed by atoms with E-state index in [-0.39, 0.29) is 17.5 Å². The van der Waals surface area contributed by atoms with Gasteiger partial charge in [0.25, 0.3) is 0 Å². The monoisotopic (exact) mass is 341 g/mol. The van der Waals surface area contributed by atoms with Crippen molar-refractivity contribution in [1.29, 1.82) is 0 Å². The topological polar surface area (TPSA) is 52.5 Å². The van der Waals surface area contributed by atoms with E-state index in [1.54, 1.807) is 12.1 Å². The summed E-state index contributed by atoms with van der Waals surface area (Å²) in [6, 6.07) is 22.5. The molecule has 3 nitrogen and oxygen atoms in total. The molecule has 0 aliphatic carbocycles. The van der Waals surface area contributed by atoms with Gasteiger partial charge in [-0.3, -0.25) is 0 Å². The molecule has 1 atom stereocenters. The summed E-state index contributed by atoms with van der Waals surface area (Å²) in [5.41, 5.74) is 3.35. The summed E-state index contributed by atoms with van der Waals surface area (Å²) in [7, 11) is 0. The highest BCUT2D eigenvalue weighted by Crippen LogP contribution is 2.41. The van der Waals surface area contributed by atoms with Gasteiger partial charge in [-0.15, -0.1) is 0 Å². The number of fused-ring (bicyclic) bond motifs is 3. The number of aromatic hydroxyl groups is 2. The van der Waals surface area contributed by atoms with Gasteiger partial charge in [-0.25, -0.2) is 0 Å². The van der Waals surface area contributed by atoms with Gasteiger partial charge in [-0.1, -0.05) is 48.5 Å². The minimum Gasteiger partial charge on any atom is -0.504 e. The number of rotatable bonds is 1. The van der Waals surface area contributed by atoms with E-state index in [1.165, 1.54) is 27.1 Å². The van der Waals surface area contributed by atoms with E-state index in [0.29, 0.717) is 0 Å². The maximum absolute atomic E-state index is 10.1. The van der Waals surface area contributed by atoms with Crippen LogP contribution in [0.15, 0.2) is 66.7 Å². The number of hydrogen-bond donors (Lipinski definition) is 3. The Hall–Kier alpha value is -3.04. The Morgan fingerprint density at radius 1 is 0.769 bits per heavy atom. The molecule has 0 amide bonds. The molecule has 1 aliphatic heterocycles. The van der Waals surface area contributed by atoms with Crippen LogP contribution in [0.4, 0.5) is 0 Å². The van der Waals surface area contributed by atoms with Crippen molar-refractivity contribution in [3.05, 3.63) is 83.4 Å². The second-order valence-electron chi connectivity index (χ2n) is 6.91. The third kappa shape index (κ3) is 2.25. The van der Waals surface area contributed by atoms with Crippen molar-refractivity contribution >= 4 is 21.5 Å². The maximum atomic E-state index is 10.1. The molecular weight excluding hydrogens is 322 g/mol. The lowest BCUT2D eigenvalue weighted by atomic mass is 9.84. The molecule has 26 heavy (non-hydrogen) atoms. The first-order valence-electron chi connectivity index (χ1n) is 8.91. The summed E-state index contributed by atoms with van der Waals surface area (Å²) in [6.07, 6.45) is 0.836. The second-order valence-corrected chi connectivity index (χ2v) is 6.91. The van der Waals surface area contributed by atoms with Crippen molar-refractivity contribution in [3.63, 3.8) is 0 Å². The smallest absolute Gasteiger partial charge is 0.157 e. The molecule has 0 fully saturated rings. The molecule has 3 N–H and O–H groups in total. The summed E-state index contributed by atoms with van der Waals surface area (Å²) in [6.45, 7) is 0.833. The molecule has 0 spiro atoms. The molecular formula is C23H19NO2. The lowest BCUT2D eigenvalue weighted by molar-refractivity contribution is 0.400. The first-order chi connectivity index (χ1) is 12.7. The fraction of sp³-hybridized carbons (Fsp3) is 0.130. The van der Waals surface area contributed by atoms with Crippen molar-refractivity contribution < 1.29 is 10.2 Å². The van der Waals surface area contributed by atoms with Crippen LogP contribution in [0, 0.1) is 0 Å². The van der Waals surface area contributed by atoms with E-state index in [4.69, 9.17) is 0 Å². The van der Waals surface area contributed by atoms with Gasteiger partial charge in [-0.2, -0.15) is 0 Å². The Bertz CT molecular complexity index is 1100. The Balaban J connectivity index is 1.86. The van der Waals surface area contributed by atoms with Crippen molar-refractivity contribution in [2.45, 2.75) is 12.5 Å². The molecule has 0 unspecified atom stereocenters. The first-order valence-corrected chi connectivity index (χ1v) is 8.91. The number of hydrogen-bond acceptors (Lipinski definition) is 3. The molecule has 5 rings (SSSR count). The molecule has 128 valence electrons. The highest BCUT2D eigenvalue weighted by Gasteiger charge is 2.26. The Morgan fingerprint density at radius 3 is 2.08 bits per heavy atom. The van der Waals surface area contributed by atoms with Crippen LogP contribution in [0.2, 0.25) is 0 Å². The van der Waals surface area contributed by atoms with Crippen LogP contribution in [-0.4, -0.2) is 16.8 Å². The Morgan fingerprint density at radius 2 is 1.38 bits per heavy atom. The van der Waals surface area contributed by atoms with E-state index in [2.05, 4.69) is 59.9 Å². The lowest BCUT2D eigenvalue weighted by Crippen LogP contribution is -2.30. The van der Waals surface area contributed by atoms with E-state index in [0.717, 1.165) is 24.1 Å². The average Bonchev–Trinajstić information content (AvgIpc) is 2.67. The number of phenolic OH excluding ortho intramolecular Hbond substituents is 2. The molecule has 0 radical (unpaired) electrons. The lowest BCUT2D eigenvalue weighted by Gasteiger charge is -2.29. The molecule has 0 aromatic heterocycles. The van der Waals surface area contributed by atoms with Gasteiger partial charge in [-0.05, 0) is 62.9 Å². The predicted octanol–water partition coefficient (Wildman–Crippen LogP) is 4.64. The van der Waals surface area contributed by atoms with E-state index >= 15 is 0 Å². The van der Waals surface area contributed by atoms with Crippen LogP contribution in [0.3, 0.4) is 0 Å². The van der Waals surface area contributed by atoms with Crippen molar-refractivity contribution in [1.82, 2.24) is 5.32 Å². The maximum Gasteiger partial charge on any atom is 0.157 e. The normalized spacial score (nSPS) is 16.7. The molecule has 3 heteroatoms. The minimum atomic E-state index is -0.0676. The van der Waals surface area contributed by atoms with E-state index < -0.39 is 0 Å².